The van der Waals surface area contributed by atoms with E-state index >= 15 is 0 Å². The summed E-state index contributed by atoms with van der Waals surface area (Å²) in [4.78, 5) is 4.35. The molecular formula is C18H26N6O. The topological polar surface area (TPSA) is 76.4 Å². The molecule has 2 N–H and O–H groups in total. The van der Waals surface area contributed by atoms with E-state index in [1.165, 1.54) is 0 Å². The Balaban J connectivity index is 1.71. The summed E-state index contributed by atoms with van der Waals surface area (Å²) in [7, 11) is 1.77. The molecule has 0 radical (unpaired) electrons. The molecule has 0 amide bonds. The van der Waals surface area contributed by atoms with Gasteiger partial charge in [0.1, 0.15) is 17.7 Å². The zero-order chi connectivity index (χ0) is 17.9. The normalized spacial score (nSPS) is 19.0. The van der Waals surface area contributed by atoms with Gasteiger partial charge in [0, 0.05) is 25.6 Å². The number of para-hydroxylation sites is 1. The van der Waals surface area contributed by atoms with Gasteiger partial charge in [0.15, 0.2) is 11.8 Å². The summed E-state index contributed by atoms with van der Waals surface area (Å²) in [5.74, 6) is 2.55. The number of hydrogen-bond acceptors (Lipinski definition) is 4. The Morgan fingerprint density at radius 3 is 2.96 bits per heavy atom. The summed E-state index contributed by atoms with van der Waals surface area (Å²) in [6.45, 7) is 7.70. The summed E-state index contributed by atoms with van der Waals surface area (Å²) in [6, 6.07) is 8.29. The molecule has 1 unspecified atom stereocenters. The summed E-state index contributed by atoms with van der Waals surface area (Å²) in [5, 5.41) is 14.9. The highest BCUT2D eigenvalue weighted by Gasteiger charge is 2.33. The number of rotatable bonds is 4. The number of aliphatic imine (C=N–C) groups is 1. The highest BCUT2D eigenvalue weighted by Crippen LogP contribution is 2.39. The number of benzene rings is 1. The maximum Gasteiger partial charge on any atom is 0.191 e. The molecule has 1 aliphatic rings. The van der Waals surface area contributed by atoms with E-state index in [4.69, 9.17) is 4.74 Å². The number of aryl methyl sites for hydroxylation is 1. The van der Waals surface area contributed by atoms with Gasteiger partial charge in [-0.3, -0.25) is 4.99 Å². The van der Waals surface area contributed by atoms with E-state index in [0.717, 1.165) is 36.1 Å². The van der Waals surface area contributed by atoms with Crippen LogP contribution in [0.15, 0.2) is 35.6 Å². The third kappa shape index (κ3) is 3.92. The maximum atomic E-state index is 6.09. The van der Waals surface area contributed by atoms with Crippen molar-refractivity contribution < 1.29 is 4.74 Å². The molecule has 0 bridgehead atoms. The van der Waals surface area contributed by atoms with Crippen molar-refractivity contribution in [2.45, 2.75) is 51.9 Å². The van der Waals surface area contributed by atoms with Gasteiger partial charge < -0.3 is 19.9 Å². The fourth-order valence-electron chi connectivity index (χ4n) is 3.13. The third-order valence-corrected chi connectivity index (χ3v) is 4.36. The first-order valence-electron chi connectivity index (χ1n) is 8.64. The molecule has 7 nitrogen and oxygen atoms in total. The largest absolute Gasteiger partial charge is 0.487 e. The van der Waals surface area contributed by atoms with Crippen LogP contribution in [0, 0.1) is 0 Å². The van der Waals surface area contributed by atoms with E-state index in [1.807, 2.05) is 22.8 Å². The van der Waals surface area contributed by atoms with E-state index in [9.17, 15) is 0 Å². The Morgan fingerprint density at radius 1 is 1.40 bits per heavy atom. The molecule has 25 heavy (non-hydrogen) atoms. The Kier molecular flexibility index (Phi) is 4.92. The van der Waals surface area contributed by atoms with Crippen molar-refractivity contribution in [1.29, 1.82) is 0 Å². The molecule has 1 aromatic heterocycles. The van der Waals surface area contributed by atoms with Crippen LogP contribution in [-0.4, -0.2) is 33.4 Å². The number of nitrogens with zero attached hydrogens (tertiary/aromatic N) is 4. The zero-order valence-electron chi connectivity index (χ0n) is 15.3. The van der Waals surface area contributed by atoms with Crippen LogP contribution in [0.2, 0.25) is 0 Å². The minimum atomic E-state index is -0.229. The first-order chi connectivity index (χ1) is 12.0. The molecule has 2 heterocycles. The monoisotopic (exact) mass is 342 g/mol. The lowest BCUT2D eigenvalue weighted by Gasteiger charge is -2.38. The Bertz CT molecular complexity index is 752. The standard InChI is InChI=1S/C18H26N6O/c1-5-24-12-21-23-16(24)11-20-17(19-4)22-14-10-18(2,3)25-15-9-7-6-8-13(14)15/h6-9,12,14H,5,10-11H2,1-4H3,(H2,19,20,22). The zero-order valence-corrected chi connectivity index (χ0v) is 15.3. The fourth-order valence-corrected chi connectivity index (χ4v) is 3.13. The predicted octanol–water partition coefficient (Wildman–Crippen LogP) is 2.27. The SMILES string of the molecule is CCn1cnnc1CNC(=NC)NC1CC(C)(C)Oc2ccccc21. The smallest absolute Gasteiger partial charge is 0.191 e. The quantitative estimate of drug-likeness (QED) is 0.658. The first-order valence-corrected chi connectivity index (χ1v) is 8.64. The molecule has 7 heteroatoms. The molecule has 1 atom stereocenters. The highest BCUT2D eigenvalue weighted by molar-refractivity contribution is 5.80. The van der Waals surface area contributed by atoms with Gasteiger partial charge in [0.2, 0.25) is 0 Å². The van der Waals surface area contributed by atoms with Crippen LogP contribution in [-0.2, 0) is 13.1 Å². The lowest BCUT2D eigenvalue weighted by atomic mass is 9.90. The second-order valence-electron chi connectivity index (χ2n) is 6.76. The van der Waals surface area contributed by atoms with Gasteiger partial charge >= 0.3 is 0 Å². The number of hydrogen-bond donors (Lipinski definition) is 2. The van der Waals surface area contributed by atoms with Gasteiger partial charge in [-0.2, -0.15) is 0 Å². The first kappa shape index (κ1) is 17.3. The predicted molar refractivity (Wildman–Crippen MR) is 97.5 cm³/mol. The van der Waals surface area contributed by atoms with E-state index in [0.29, 0.717) is 6.54 Å². The van der Waals surface area contributed by atoms with Crippen molar-refractivity contribution in [2.24, 2.45) is 4.99 Å². The van der Waals surface area contributed by atoms with Crippen molar-refractivity contribution in [3.63, 3.8) is 0 Å². The van der Waals surface area contributed by atoms with Crippen molar-refractivity contribution in [3.8, 4) is 5.75 Å². The minimum Gasteiger partial charge on any atom is -0.487 e. The maximum absolute atomic E-state index is 6.09. The fraction of sp³-hybridized carbons (Fsp3) is 0.500. The van der Waals surface area contributed by atoms with Crippen molar-refractivity contribution >= 4 is 5.96 Å². The number of ether oxygens (including phenoxy) is 1. The van der Waals surface area contributed by atoms with Crippen LogP contribution in [0.5, 0.6) is 5.75 Å². The molecule has 1 aliphatic heterocycles. The number of fused-ring (bicyclic) bond motifs is 1. The summed E-state index contributed by atoms with van der Waals surface area (Å²) >= 11 is 0. The summed E-state index contributed by atoms with van der Waals surface area (Å²) in [5.41, 5.74) is 0.925. The van der Waals surface area contributed by atoms with Crippen LogP contribution in [0.25, 0.3) is 0 Å². The molecule has 0 saturated carbocycles. The van der Waals surface area contributed by atoms with Crippen molar-refractivity contribution in [3.05, 3.63) is 42.0 Å². The molecule has 0 spiro atoms. The van der Waals surface area contributed by atoms with Crippen molar-refractivity contribution in [2.75, 3.05) is 7.05 Å². The highest BCUT2D eigenvalue weighted by atomic mass is 16.5. The van der Waals surface area contributed by atoms with Gasteiger partial charge in [-0.05, 0) is 26.8 Å². The Hall–Kier alpha value is -2.57. The van der Waals surface area contributed by atoms with Crippen LogP contribution in [0.3, 0.4) is 0 Å². The van der Waals surface area contributed by atoms with Gasteiger partial charge in [-0.25, -0.2) is 0 Å². The van der Waals surface area contributed by atoms with Gasteiger partial charge in [0.05, 0.1) is 12.6 Å². The second kappa shape index (κ2) is 7.13. The van der Waals surface area contributed by atoms with Gasteiger partial charge in [0.25, 0.3) is 0 Å². The van der Waals surface area contributed by atoms with Crippen LogP contribution in [0.1, 0.15) is 44.6 Å². The van der Waals surface area contributed by atoms with Crippen LogP contribution >= 0.6 is 0 Å². The number of guanidine groups is 1. The Labute approximate surface area is 148 Å². The van der Waals surface area contributed by atoms with Gasteiger partial charge in [-0.1, -0.05) is 18.2 Å². The Morgan fingerprint density at radius 2 is 2.20 bits per heavy atom. The summed E-state index contributed by atoms with van der Waals surface area (Å²) < 4.78 is 8.10. The molecule has 1 aromatic carbocycles. The van der Waals surface area contributed by atoms with E-state index in [-0.39, 0.29) is 11.6 Å². The van der Waals surface area contributed by atoms with Gasteiger partial charge in [-0.15, -0.1) is 10.2 Å². The molecule has 134 valence electrons. The summed E-state index contributed by atoms with van der Waals surface area (Å²) in [6.07, 6.45) is 2.60. The van der Waals surface area contributed by atoms with Crippen LogP contribution in [0.4, 0.5) is 0 Å². The lowest BCUT2D eigenvalue weighted by Crippen LogP contribution is -2.45. The average Bonchev–Trinajstić information content (AvgIpc) is 3.05. The molecule has 0 saturated heterocycles. The van der Waals surface area contributed by atoms with Crippen molar-refractivity contribution in [1.82, 2.24) is 25.4 Å². The molecule has 0 aliphatic carbocycles. The molecule has 0 fully saturated rings. The molecule has 2 aromatic rings. The van der Waals surface area contributed by atoms with Crippen LogP contribution < -0.4 is 15.4 Å². The molecular weight excluding hydrogens is 316 g/mol. The minimum absolute atomic E-state index is 0.134. The molecule has 3 rings (SSSR count). The van der Waals surface area contributed by atoms with E-state index < -0.39 is 0 Å². The third-order valence-electron chi connectivity index (χ3n) is 4.36. The lowest BCUT2D eigenvalue weighted by molar-refractivity contribution is 0.0694. The number of aromatic nitrogens is 3. The van der Waals surface area contributed by atoms with E-state index in [1.54, 1.807) is 13.4 Å². The van der Waals surface area contributed by atoms with E-state index in [2.05, 4.69) is 52.7 Å². The average molecular weight is 342 g/mol. The second-order valence-corrected chi connectivity index (χ2v) is 6.76. The number of nitrogens with one attached hydrogen (secondary N) is 2.